The van der Waals surface area contributed by atoms with E-state index < -0.39 is 5.97 Å². The molecular weight excluding hydrogens is 208 g/mol. The SMILES string of the molecule is CCCNC(=O)Nc1ccc(C(=O)[O-])cc1. The summed E-state index contributed by atoms with van der Waals surface area (Å²) in [6, 6.07) is 5.48. The van der Waals surface area contributed by atoms with E-state index in [1.807, 2.05) is 6.92 Å². The monoisotopic (exact) mass is 221 g/mol. The van der Waals surface area contributed by atoms with Gasteiger partial charge in [-0.2, -0.15) is 0 Å². The van der Waals surface area contributed by atoms with Crippen molar-refractivity contribution in [2.75, 3.05) is 11.9 Å². The van der Waals surface area contributed by atoms with E-state index in [2.05, 4.69) is 10.6 Å². The van der Waals surface area contributed by atoms with Crippen molar-refractivity contribution in [3.8, 4) is 0 Å². The van der Waals surface area contributed by atoms with Crippen LogP contribution in [0.3, 0.4) is 0 Å². The number of carboxylic acids is 1. The molecule has 16 heavy (non-hydrogen) atoms. The fourth-order valence-corrected chi connectivity index (χ4v) is 1.10. The van der Waals surface area contributed by atoms with E-state index in [1.54, 1.807) is 0 Å². The maximum Gasteiger partial charge on any atom is 0.319 e. The second-order valence-electron chi connectivity index (χ2n) is 3.25. The molecule has 0 bridgehead atoms. The molecule has 1 rings (SSSR count). The van der Waals surface area contributed by atoms with Crippen molar-refractivity contribution >= 4 is 17.7 Å². The summed E-state index contributed by atoms with van der Waals surface area (Å²) in [7, 11) is 0. The third kappa shape index (κ3) is 3.61. The number of carboxylic acid groups (broad SMARTS) is 1. The number of amides is 2. The topological polar surface area (TPSA) is 81.3 Å². The second kappa shape index (κ2) is 5.75. The third-order valence-corrected chi connectivity index (χ3v) is 1.91. The maximum absolute atomic E-state index is 11.2. The molecule has 1 aromatic carbocycles. The highest BCUT2D eigenvalue weighted by atomic mass is 16.4. The first-order chi connectivity index (χ1) is 7.63. The Bertz CT molecular complexity index is 373. The number of aromatic carboxylic acids is 1. The first-order valence-corrected chi connectivity index (χ1v) is 4.99. The van der Waals surface area contributed by atoms with Crippen molar-refractivity contribution in [3.63, 3.8) is 0 Å². The molecule has 0 aliphatic heterocycles. The molecule has 1 aromatic rings. The van der Waals surface area contributed by atoms with Crippen molar-refractivity contribution in [2.45, 2.75) is 13.3 Å². The molecular formula is C11H13N2O3-. The number of anilines is 1. The molecule has 0 fully saturated rings. The normalized spacial score (nSPS) is 9.56. The first-order valence-electron chi connectivity index (χ1n) is 4.99. The van der Waals surface area contributed by atoms with E-state index in [0.29, 0.717) is 12.2 Å². The van der Waals surface area contributed by atoms with E-state index in [-0.39, 0.29) is 11.6 Å². The van der Waals surface area contributed by atoms with Gasteiger partial charge in [-0.05, 0) is 24.1 Å². The van der Waals surface area contributed by atoms with Crippen LogP contribution >= 0.6 is 0 Å². The summed E-state index contributed by atoms with van der Waals surface area (Å²) in [5.41, 5.74) is 0.623. The van der Waals surface area contributed by atoms with Crippen LogP contribution in [-0.4, -0.2) is 18.5 Å². The van der Waals surface area contributed by atoms with E-state index in [1.165, 1.54) is 24.3 Å². The van der Waals surface area contributed by atoms with Crippen LogP contribution in [0, 0.1) is 0 Å². The molecule has 5 heteroatoms. The van der Waals surface area contributed by atoms with Crippen LogP contribution in [0.5, 0.6) is 0 Å². The minimum absolute atomic E-state index is 0.0829. The molecule has 86 valence electrons. The number of nitrogens with one attached hydrogen (secondary N) is 2. The van der Waals surface area contributed by atoms with Crippen LogP contribution < -0.4 is 15.7 Å². The lowest BCUT2D eigenvalue weighted by atomic mass is 10.2. The molecule has 0 saturated heterocycles. The maximum atomic E-state index is 11.2. The molecule has 0 unspecified atom stereocenters. The molecule has 0 saturated carbocycles. The summed E-state index contributed by atoms with van der Waals surface area (Å²) in [5, 5.41) is 15.7. The van der Waals surface area contributed by atoms with Gasteiger partial charge < -0.3 is 20.5 Å². The van der Waals surface area contributed by atoms with Gasteiger partial charge in [0.05, 0.1) is 5.97 Å². The number of hydrogen-bond donors (Lipinski definition) is 2. The van der Waals surface area contributed by atoms with Crippen LogP contribution in [0.1, 0.15) is 23.7 Å². The summed E-state index contributed by atoms with van der Waals surface area (Å²) in [6.07, 6.45) is 0.858. The van der Waals surface area contributed by atoms with Gasteiger partial charge in [0.2, 0.25) is 0 Å². The average molecular weight is 221 g/mol. The number of hydrogen-bond acceptors (Lipinski definition) is 3. The first kappa shape index (κ1) is 12.0. The van der Waals surface area contributed by atoms with Crippen LogP contribution in [0.2, 0.25) is 0 Å². The summed E-state index contributed by atoms with van der Waals surface area (Å²) in [5.74, 6) is -1.23. The minimum Gasteiger partial charge on any atom is -0.545 e. The zero-order valence-electron chi connectivity index (χ0n) is 8.95. The fourth-order valence-electron chi connectivity index (χ4n) is 1.10. The highest BCUT2D eigenvalue weighted by Crippen LogP contribution is 2.08. The molecule has 0 radical (unpaired) electrons. The van der Waals surface area contributed by atoms with Gasteiger partial charge in [0.1, 0.15) is 0 Å². The van der Waals surface area contributed by atoms with Crippen molar-refractivity contribution in [1.29, 1.82) is 0 Å². The Balaban J connectivity index is 2.55. The van der Waals surface area contributed by atoms with Crippen LogP contribution in [0.15, 0.2) is 24.3 Å². The summed E-state index contributed by atoms with van der Waals surface area (Å²) >= 11 is 0. The van der Waals surface area contributed by atoms with Gasteiger partial charge in [0.25, 0.3) is 0 Å². The lowest BCUT2D eigenvalue weighted by molar-refractivity contribution is -0.255. The molecule has 0 aromatic heterocycles. The van der Waals surface area contributed by atoms with Crippen LogP contribution in [-0.2, 0) is 0 Å². The fraction of sp³-hybridized carbons (Fsp3) is 0.273. The zero-order chi connectivity index (χ0) is 12.0. The van der Waals surface area contributed by atoms with Crippen LogP contribution in [0.4, 0.5) is 10.5 Å². The van der Waals surface area contributed by atoms with E-state index >= 15 is 0 Å². The summed E-state index contributed by atoms with van der Waals surface area (Å²) in [4.78, 5) is 21.7. The number of urea groups is 1. The zero-order valence-corrected chi connectivity index (χ0v) is 8.95. The van der Waals surface area contributed by atoms with Gasteiger partial charge in [-0.1, -0.05) is 19.1 Å². The van der Waals surface area contributed by atoms with Gasteiger partial charge in [0, 0.05) is 12.2 Å². The molecule has 0 heterocycles. The Morgan fingerprint density at radius 3 is 2.38 bits per heavy atom. The predicted octanol–water partition coefficient (Wildman–Crippen LogP) is 0.582. The molecule has 5 nitrogen and oxygen atoms in total. The van der Waals surface area contributed by atoms with Crippen molar-refractivity contribution in [3.05, 3.63) is 29.8 Å². The molecule has 0 atom stereocenters. The third-order valence-electron chi connectivity index (χ3n) is 1.91. The van der Waals surface area contributed by atoms with Crippen molar-refractivity contribution < 1.29 is 14.7 Å². The molecule has 0 spiro atoms. The Morgan fingerprint density at radius 2 is 1.88 bits per heavy atom. The second-order valence-corrected chi connectivity index (χ2v) is 3.25. The van der Waals surface area contributed by atoms with Gasteiger partial charge in [-0.15, -0.1) is 0 Å². The van der Waals surface area contributed by atoms with Crippen molar-refractivity contribution in [2.24, 2.45) is 0 Å². The largest absolute Gasteiger partial charge is 0.545 e. The Hall–Kier alpha value is -2.04. The quantitative estimate of drug-likeness (QED) is 0.780. The molecule has 0 aliphatic carbocycles. The highest BCUT2D eigenvalue weighted by Gasteiger charge is 2.00. The lowest BCUT2D eigenvalue weighted by Gasteiger charge is -2.07. The standard InChI is InChI=1S/C11H14N2O3/c1-2-7-12-11(16)13-9-5-3-8(4-6-9)10(14)15/h3-6H,2,7H2,1H3,(H,14,15)(H2,12,13,16)/p-1. The Labute approximate surface area is 93.5 Å². The van der Waals surface area contributed by atoms with Gasteiger partial charge in [-0.25, -0.2) is 4.79 Å². The lowest BCUT2D eigenvalue weighted by Crippen LogP contribution is -2.29. The van der Waals surface area contributed by atoms with Crippen LogP contribution in [0.25, 0.3) is 0 Å². The van der Waals surface area contributed by atoms with E-state index in [4.69, 9.17) is 0 Å². The smallest absolute Gasteiger partial charge is 0.319 e. The Kier molecular flexibility index (Phi) is 4.32. The summed E-state index contributed by atoms with van der Waals surface area (Å²) in [6.45, 7) is 2.55. The number of carbonyl (C=O) groups excluding carboxylic acids is 2. The minimum atomic E-state index is -1.23. The van der Waals surface area contributed by atoms with E-state index in [9.17, 15) is 14.7 Å². The predicted molar refractivity (Wildman–Crippen MR) is 58.1 cm³/mol. The number of rotatable bonds is 4. The Morgan fingerprint density at radius 1 is 1.25 bits per heavy atom. The van der Waals surface area contributed by atoms with Gasteiger partial charge in [-0.3, -0.25) is 0 Å². The summed E-state index contributed by atoms with van der Waals surface area (Å²) < 4.78 is 0. The van der Waals surface area contributed by atoms with Gasteiger partial charge in [0.15, 0.2) is 0 Å². The highest BCUT2D eigenvalue weighted by molar-refractivity contribution is 5.90. The van der Waals surface area contributed by atoms with Crippen molar-refractivity contribution in [1.82, 2.24) is 5.32 Å². The number of carbonyl (C=O) groups is 2. The molecule has 2 N–H and O–H groups in total. The van der Waals surface area contributed by atoms with E-state index in [0.717, 1.165) is 6.42 Å². The average Bonchev–Trinajstić information content (AvgIpc) is 2.27. The molecule has 0 aliphatic rings. The van der Waals surface area contributed by atoms with Gasteiger partial charge >= 0.3 is 6.03 Å². The molecule has 2 amide bonds. The number of benzene rings is 1.